The molecule has 1 aliphatic rings. The zero-order valence-electron chi connectivity index (χ0n) is 9.40. The molecule has 0 radical (unpaired) electrons. The Morgan fingerprint density at radius 2 is 2.47 bits per heavy atom. The summed E-state index contributed by atoms with van der Waals surface area (Å²) < 4.78 is 0. The smallest absolute Gasteiger partial charge is 0.132 e. The predicted octanol–water partition coefficient (Wildman–Crippen LogP) is 0.973. The quantitative estimate of drug-likeness (QED) is 0.783. The van der Waals surface area contributed by atoms with Gasteiger partial charge in [-0.2, -0.15) is 0 Å². The lowest BCUT2D eigenvalue weighted by atomic mass is 10.1. The lowest BCUT2D eigenvalue weighted by Gasteiger charge is -2.36. The Balaban J connectivity index is 2.20. The van der Waals surface area contributed by atoms with E-state index >= 15 is 0 Å². The fourth-order valence-corrected chi connectivity index (χ4v) is 2.03. The van der Waals surface area contributed by atoms with E-state index in [1.165, 1.54) is 0 Å². The second-order valence-electron chi connectivity index (χ2n) is 3.92. The number of anilines is 1. The maximum Gasteiger partial charge on any atom is 0.132 e. The lowest BCUT2D eigenvalue weighted by molar-refractivity contribution is 0.462. The van der Waals surface area contributed by atoms with Gasteiger partial charge in [0.25, 0.3) is 0 Å². The predicted molar refractivity (Wildman–Crippen MR) is 61.1 cm³/mol. The molecule has 1 N–H and O–H groups in total. The molecule has 0 aliphatic carbocycles. The third-order valence-corrected chi connectivity index (χ3v) is 2.88. The number of nitrogens with one attached hydrogen (secondary N) is 1. The molecule has 2 heterocycles. The molecule has 0 saturated carbocycles. The van der Waals surface area contributed by atoms with Crippen LogP contribution in [0.5, 0.6) is 0 Å². The minimum absolute atomic E-state index is 0.563. The first kappa shape index (κ1) is 10.4. The maximum atomic E-state index is 4.48. The summed E-state index contributed by atoms with van der Waals surface area (Å²) in [6, 6.07) is 2.56. The third-order valence-electron chi connectivity index (χ3n) is 2.88. The van der Waals surface area contributed by atoms with Crippen LogP contribution in [0.3, 0.4) is 0 Å². The van der Waals surface area contributed by atoms with Gasteiger partial charge in [0.1, 0.15) is 11.6 Å². The van der Waals surface area contributed by atoms with Gasteiger partial charge in [-0.25, -0.2) is 9.97 Å². The van der Waals surface area contributed by atoms with Gasteiger partial charge in [-0.1, -0.05) is 6.92 Å². The van der Waals surface area contributed by atoms with E-state index in [2.05, 4.69) is 27.1 Å². The van der Waals surface area contributed by atoms with Gasteiger partial charge in [-0.05, 0) is 19.4 Å². The van der Waals surface area contributed by atoms with Crippen LogP contribution < -0.4 is 10.2 Å². The minimum atomic E-state index is 0.563. The molecule has 1 unspecified atom stereocenters. The molecule has 1 aromatic heterocycles. The average molecular weight is 206 g/mol. The Morgan fingerprint density at radius 1 is 1.60 bits per heavy atom. The van der Waals surface area contributed by atoms with Crippen molar-refractivity contribution in [1.82, 2.24) is 15.3 Å². The van der Waals surface area contributed by atoms with E-state index in [4.69, 9.17) is 0 Å². The number of hydrogen-bond donors (Lipinski definition) is 1. The van der Waals surface area contributed by atoms with Crippen molar-refractivity contribution in [3.8, 4) is 0 Å². The number of piperazine rings is 1. The van der Waals surface area contributed by atoms with Crippen LogP contribution in [0.4, 0.5) is 5.82 Å². The van der Waals surface area contributed by atoms with Crippen molar-refractivity contribution in [3.05, 3.63) is 18.1 Å². The van der Waals surface area contributed by atoms with Crippen LogP contribution in [0.1, 0.15) is 19.2 Å². The molecule has 1 saturated heterocycles. The highest BCUT2D eigenvalue weighted by Crippen LogP contribution is 2.16. The van der Waals surface area contributed by atoms with Gasteiger partial charge in [0.15, 0.2) is 0 Å². The van der Waals surface area contributed by atoms with Gasteiger partial charge >= 0.3 is 0 Å². The lowest BCUT2D eigenvalue weighted by Crippen LogP contribution is -2.51. The zero-order chi connectivity index (χ0) is 10.7. The van der Waals surface area contributed by atoms with Crippen molar-refractivity contribution in [3.63, 3.8) is 0 Å². The summed E-state index contributed by atoms with van der Waals surface area (Å²) in [5.41, 5.74) is 0. The van der Waals surface area contributed by atoms with E-state index in [1.54, 1.807) is 0 Å². The molecular formula is C11H18N4. The number of nitrogens with zero attached hydrogens (tertiary/aromatic N) is 3. The molecule has 0 bridgehead atoms. The summed E-state index contributed by atoms with van der Waals surface area (Å²) in [7, 11) is 0. The summed E-state index contributed by atoms with van der Waals surface area (Å²) in [6.07, 6.45) is 2.99. The molecule has 0 spiro atoms. The second kappa shape index (κ2) is 4.57. The molecule has 1 fully saturated rings. The Kier molecular flexibility index (Phi) is 3.16. The molecule has 15 heavy (non-hydrogen) atoms. The average Bonchev–Trinajstić information content (AvgIpc) is 2.29. The molecule has 2 rings (SSSR count). The van der Waals surface area contributed by atoms with Crippen LogP contribution in [0.25, 0.3) is 0 Å². The summed E-state index contributed by atoms with van der Waals surface area (Å²) in [5, 5.41) is 3.42. The summed E-state index contributed by atoms with van der Waals surface area (Å²) >= 11 is 0. The molecule has 1 aliphatic heterocycles. The van der Waals surface area contributed by atoms with Crippen molar-refractivity contribution in [2.24, 2.45) is 0 Å². The highest BCUT2D eigenvalue weighted by atomic mass is 15.3. The molecule has 1 aromatic rings. The van der Waals surface area contributed by atoms with Crippen molar-refractivity contribution < 1.29 is 0 Å². The van der Waals surface area contributed by atoms with Gasteiger partial charge in [0, 0.05) is 31.9 Å². The topological polar surface area (TPSA) is 41.0 Å². The Hall–Kier alpha value is -1.16. The van der Waals surface area contributed by atoms with E-state index in [-0.39, 0.29) is 0 Å². The molecular weight excluding hydrogens is 188 g/mol. The molecule has 82 valence electrons. The Labute approximate surface area is 90.7 Å². The van der Waals surface area contributed by atoms with Crippen molar-refractivity contribution in [1.29, 1.82) is 0 Å². The summed E-state index contributed by atoms with van der Waals surface area (Å²) in [6.45, 7) is 7.29. The van der Waals surface area contributed by atoms with E-state index in [1.807, 2.05) is 19.2 Å². The fourth-order valence-electron chi connectivity index (χ4n) is 2.03. The minimum Gasteiger partial charge on any atom is -0.351 e. The first-order valence-electron chi connectivity index (χ1n) is 5.58. The normalized spacial score (nSPS) is 21.7. The highest BCUT2D eigenvalue weighted by molar-refractivity contribution is 5.39. The summed E-state index contributed by atoms with van der Waals surface area (Å²) in [5.74, 6) is 1.91. The highest BCUT2D eigenvalue weighted by Gasteiger charge is 2.21. The monoisotopic (exact) mass is 206 g/mol. The first-order valence-corrected chi connectivity index (χ1v) is 5.58. The van der Waals surface area contributed by atoms with Crippen molar-refractivity contribution >= 4 is 5.82 Å². The number of aromatic nitrogens is 2. The number of aryl methyl sites for hydroxylation is 1. The van der Waals surface area contributed by atoms with Crippen LogP contribution >= 0.6 is 0 Å². The van der Waals surface area contributed by atoms with Crippen LogP contribution in [0.2, 0.25) is 0 Å². The Morgan fingerprint density at radius 3 is 3.20 bits per heavy atom. The van der Waals surface area contributed by atoms with Gasteiger partial charge in [-0.15, -0.1) is 0 Å². The second-order valence-corrected chi connectivity index (χ2v) is 3.92. The number of rotatable bonds is 2. The van der Waals surface area contributed by atoms with E-state index in [0.717, 1.165) is 37.7 Å². The van der Waals surface area contributed by atoms with Crippen molar-refractivity contribution in [2.75, 3.05) is 24.5 Å². The molecule has 4 heteroatoms. The summed E-state index contributed by atoms with van der Waals surface area (Å²) in [4.78, 5) is 11.0. The van der Waals surface area contributed by atoms with Gasteiger partial charge in [0.05, 0.1) is 0 Å². The third kappa shape index (κ3) is 2.26. The Bertz CT molecular complexity index is 326. The van der Waals surface area contributed by atoms with Crippen molar-refractivity contribution in [2.45, 2.75) is 26.3 Å². The van der Waals surface area contributed by atoms with Crippen LogP contribution in [0, 0.1) is 6.92 Å². The van der Waals surface area contributed by atoms with E-state index < -0.39 is 0 Å². The molecule has 0 amide bonds. The van der Waals surface area contributed by atoms with E-state index in [0.29, 0.717) is 6.04 Å². The first-order chi connectivity index (χ1) is 7.31. The van der Waals surface area contributed by atoms with Crippen LogP contribution in [0.15, 0.2) is 12.3 Å². The molecule has 4 nitrogen and oxygen atoms in total. The fraction of sp³-hybridized carbons (Fsp3) is 0.636. The zero-order valence-corrected chi connectivity index (χ0v) is 9.40. The van der Waals surface area contributed by atoms with Gasteiger partial charge in [-0.3, -0.25) is 0 Å². The SMILES string of the molecule is CCC1CNCCN1c1ccnc(C)n1. The van der Waals surface area contributed by atoms with Gasteiger partial charge < -0.3 is 10.2 Å². The van der Waals surface area contributed by atoms with Gasteiger partial charge in [0.2, 0.25) is 0 Å². The van der Waals surface area contributed by atoms with E-state index in [9.17, 15) is 0 Å². The van der Waals surface area contributed by atoms with Crippen LogP contribution in [-0.4, -0.2) is 35.6 Å². The van der Waals surface area contributed by atoms with Crippen LogP contribution in [-0.2, 0) is 0 Å². The largest absolute Gasteiger partial charge is 0.351 e. The maximum absolute atomic E-state index is 4.48. The molecule has 0 aromatic carbocycles. The molecule has 1 atom stereocenters. The number of hydrogen-bond acceptors (Lipinski definition) is 4. The standard InChI is InChI=1S/C11H18N4/c1-3-10-8-12-6-7-15(10)11-4-5-13-9(2)14-11/h4-5,10,12H,3,6-8H2,1-2H3.